The summed E-state index contributed by atoms with van der Waals surface area (Å²) < 4.78 is 18.1. The average molecular weight is 324 g/mol. The van der Waals surface area contributed by atoms with Gasteiger partial charge in [0.2, 0.25) is 0 Å². The minimum absolute atomic E-state index is 0.0383. The first kappa shape index (κ1) is 16.9. The number of benzene rings is 1. The third-order valence-electron chi connectivity index (χ3n) is 3.69. The van der Waals surface area contributed by atoms with Crippen LogP contribution in [0.1, 0.15) is 6.42 Å². The van der Waals surface area contributed by atoms with Crippen molar-refractivity contribution in [2.75, 3.05) is 32.1 Å². The van der Waals surface area contributed by atoms with Crippen LogP contribution in [0.5, 0.6) is 0 Å². The molecule has 0 aromatic heterocycles. The Kier molecular flexibility index (Phi) is 5.64. The number of para-hydroxylation sites is 1. The lowest BCUT2D eigenvalue weighted by atomic mass is 10.1. The highest BCUT2D eigenvalue weighted by Gasteiger charge is 2.36. The molecular formula is C15H19FN3O4+. The van der Waals surface area contributed by atoms with Gasteiger partial charge in [0.25, 0.3) is 11.8 Å². The lowest BCUT2D eigenvalue weighted by Crippen LogP contribution is -3.20. The first-order chi connectivity index (χ1) is 11.0. The van der Waals surface area contributed by atoms with Crippen LogP contribution in [0.4, 0.5) is 10.1 Å². The molecule has 1 unspecified atom stereocenters. The highest BCUT2D eigenvalue weighted by molar-refractivity contribution is 5.92. The molecule has 2 amide bonds. The van der Waals surface area contributed by atoms with Crippen molar-refractivity contribution in [3.8, 4) is 0 Å². The van der Waals surface area contributed by atoms with E-state index in [0.29, 0.717) is 18.0 Å². The van der Waals surface area contributed by atoms with Gasteiger partial charge in [-0.25, -0.2) is 4.39 Å². The van der Waals surface area contributed by atoms with Crippen molar-refractivity contribution in [2.45, 2.75) is 12.5 Å². The molecule has 7 nitrogen and oxygen atoms in total. The van der Waals surface area contributed by atoms with Gasteiger partial charge in [-0.2, -0.15) is 0 Å². The number of anilines is 1. The molecule has 124 valence electrons. The maximum Gasteiger partial charge on any atom is 0.312 e. The second kappa shape index (κ2) is 7.68. The number of carbonyl (C=O) groups is 3. The SMILES string of the molecule is COC(=O)C[C@H]1C(=O)NCC[NH+]1CC(=O)Nc1ccccc1F. The predicted octanol–water partition coefficient (Wildman–Crippen LogP) is -1.29. The molecule has 1 fully saturated rings. The lowest BCUT2D eigenvalue weighted by molar-refractivity contribution is -0.909. The average Bonchev–Trinajstić information content (AvgIpc) is 2.52. The third-order valence-corrected chi connectivity index (χ3v) is 3.69. The number of quaternary nitrogens is 1. The van der Waals surface area contributed by atoms with E-state index in [2.05, 4.69) is 15.4 Å². The van der Waals surface area contributed by atoms with Gasteiger partial charge in [0.05, 0.1) is 25.9 Å². The Hall–Kier alpha value is -2.48. The molecular weight excluding hydrogens is 305 g/mol. The molecule has 0 spiro atoms. The van der Waals surface area contributed by atoms with Crippen molar-refractivity contribution in [3.05, 3.63) is 30.1 Å². The molecule has 1 heterocycles. The Balaban J connectivity index is 2.01. The van der Waals surface area contributed by atoms with Crippen LogP contribution in [0.3, 0.4) is 0 Å². The zero-order valence-corrected chi connectivity index (χ0v) is 12.7. The van der Waals surface area contributed by atoms with Gasteiger partial charge in [-0.3, -0.25) is 14.4 Å². The van der Waals surface area contributed by atoms with Crippen LogP contribution in [0.25, 0.3) is 0 Å². The standard InChI is InChI=1S/C15H18FN3O4/c1-23-14(21)8-12-15(22)17-6-7-19(12)9-13(20)18-11-5-3-2-4-10(11)16/h2-5,12H,6-9H2,1H3,(H,17,22)(H,18,20)/p+1/t12-/m0/s1. The zero-order chi connectivity index (χ0) is 16.8. The molecule has 0 saturated carbocycles. The number of halogens is 1. The highest BCUT2D eigenvalue weighted by Crippen LogP contribution is 2.11. The molecule has 1 aliphatic rings. The minimum atomic E-state index is -0.692. The fraction of sp³-hybridized carbons (Fsp3) is 0.400. The number of ether oxygens (including phenoxy) is 1. The summed E-state index contributed by atoms with van der Waals surface area (Å²) in [5.74, 6) is -1.76. The third kappa shape index (κ3) is 4.49. The second-order valence-electron chi connectivity index (χ2n) is 5.24. The van der Waals surface area contributed by atoms with Crippen LogP contribution in [-0.2, 0) is 19.1 Å². The van der Waals surface area contributed by atoms with Crippen molar-refractivity contribution in [1.29, 1.82) is 0 Å². The van der Waals surface area contributed by atoms with Gasteiger partial charge in [0.1, 0.15) is 12.2 Å². The van der Waals surface area contributed by atoms with Crippen molar-refractivity contribution in [3.63, 3.8) is 0 Å². The number of piperazine rings is 1. The number of hydrogen-bond acceptors (Lipinski definition) is 4. The molecule has 3 N–H and O–H groups in total. The molecule has 1 saturated heterocycles. The fourth-order valence-electron chi connectivity index (χ4n) is 2.49. The van der Waals surface area contributed by atoms with Gasteiger partial charge in [-0.1, -0.05) is 12.1 Å². The fourth-order valence-corrected chi connectivity index (χ4v) is 2.49. The summed E-state index contributed by atoms with van der Waals surface area (Å²) >= 11 is 0. The molecule has 0 radical (unpaired) electrons. The van der Waals surface area contributed by atoms with Gasteiger partial charge < -0.3 is 20.3 Å². The molecule has 23 heavy (non-hydrogen) atoms. The van der Waals surface area contributed by atoms with E-state index < -0.39 is 23.7 Å². The number of rotatable bonds is 5. The molecule has 0 bridgehead atoms. The van der Waals surface area contributed by atoms with E-state index in [-0.39, 0.29) is 24.6 Å². The molecule has 8 heteroatoms. The predicted molar refractivity (Wildman–Crippen MR) is 79.2 cm³/mol. The molecule has 1 aliphatic heterocycles. The molecule has 2 atom stereocenters. The van der Waals surface area contributed by atoms with Crippen molar-refractivity contribution in [2.24, 2.45) is 0 Å². The van der Waals surface area contributed by atoms with Crippen LogP contribution in [0.15, 0.2) is 24.3 Å². The number of hydrogen-bond donors (Lipinski definition) is 3. The van der Waals surface area contributed by atoms with E-state index in [0.717, 1.165) is 0 Å². The molecule has 2 rings (SSSR count). The minimum Gasteiger partial charge on any atom is -0.469 e. The normalized spacial score (nSPS) is 20.5. The maximum absolute atomic E-state index is 13.5. The molecule has 0 aliphatic carbocycles. The first-order valence-corrected chi connectivity index (χ1v) is 7.24. The smallest absolute Gasteiger partial charge is 0.312 e. The number of carbonyl (C=O) groups excluding carboxylic acids is 3. The Morgan fingerprint density at radius 2 is 2.17 bits per heavy atom. The Bertz CT molecular complexity index is 608. The Labute approximate surface area is 132 Å². The summed E-state index contributed by atoms with van der Waals surface area (Å²) in [6.45, 7) is 0.875. The van der Waals surface area contributed by atoms with E-state index in [9.17, 15) is 18.8 Å². The molecule has 1 aromatic carbocycles. The van der Waals surface area contributed by atoms with Crippen LogP contribution < -0.4 is 15.5 Å². The van der Waals surface area contributed by atoms with Gasteiger partial charge in [-0.15, -0.1) is 0 Å². The van der Waals surface area contributed by atoms with E-state index >= 15 is 0 Å². The van der Waals surface area contributed by atoms with Gasteiger partial charge in [0, 0.05) is 0 Å². The maximum atomic E-state index is 13.5. The largest absolute Gasteiger partial charge is 0.469 e. The van der Waals surface area contributed by atoms with Crippen molar-refractivity contribution >= 4 is 23.5 Å². The quantitative estimate of drug-likeness (QED) is 0.588. The van der Waals surface area contributed by atoms with Crippen LogP contribution in [0.2, 0.25) is 0 Å². The van der Waals surface area contributed by atoms with Gasteiger partial charge in [-0.05, 0) is 12.1 Å². The van der Waals surface area contributed by atoms with E-state index in [1.807, 2.05) is 0 Å². The number of methoxy groups -OCH3 is 1. The summed E-state index contributed by atoms with van der Waals surface area (Å²) in [5, 5.41) is 5.14. The summed E-state index contributed by atoms with van der Waals surface area (Å²) in [7, 11) is 1.24. The van der Waals surface area contributed by atoms with Crippen LogP contribution in [0, 0.1) is 5.82 Å². The Morgan fingerprint density at radius 1 is 1.43 bits per heavy atom. The van der Waals surface area contributed by atoms with Gasteiger partial charge in [0.15, 0.2) is 12.6 Å². The zero-order valence-electron chi connectivity index (χ0n) is 12.7. The Morgan fingerprint density at radius 3 is 2.87 bits per heavy atom. The summed E-state index contributed by atoms with van der Waals surface area (Å²) in [4.78, 5) is 36.1. The number of esters is 1. The summed E-state index contributed by atoms with van der Waals surface area (Å²) in [5.41, 5.74) is 0.0860. The summed E-state index contributed by atoms with van der Waals surface area (Å²) in [6.07, 6.45) is -0.107. The van der Waals surface area contributed by atoms with E-state index in [4.69, 9.17) is 0 Å². The van der Waals surface area contributed by atoms with E-state index in [1.165, 1.54) is 25.3 Å². The van der Waals surface area contributed by atoms with Crippen LogP contribution in [-0.4, -0.2) is 50.6 Å². The number of amides is 2. The van der Waals surface area contributed by atoms with Crippen LogP contribution >= 0.6 is 0 Å². The van der Waals surface area contributed by atoms with Crippen molar-refractivity contribution in [1.82, 2.24) is 5.32 Å². The molecule has 1 aromatic rings. The monoisotopic (exact) mass is 324 g/mol. The lowest BCUT2D eigenvalue weighted by Gasteiger charge is -2.30. The first-order valence-electron chi connectivity index (χ1n) is 7.24. The topological polar surface area (TPSA) is 88.9 Å². The second-order valence-corrected chi connectivity index (χ2v) is 5.24. The van der Waals surface area contributed by atoms with E-state index in [1.54, 1.807) is 6.07 Å². The van der Waals surface area contributed by atoms with Crippen molar-refractivity contribution < 1.29 is 28.4 Å². The van der Waals surface area contributed by atoms with Gasteiger partial charge >= 0.3 is 5.97 Å². The summed E-state index contributed by atoms with van der Waals surface area (Å²) in [6, 6.07) is 5.15. The number of nitrogens with one attached hydrogen (secondary N) is 3. The highest BCUT2D eigenvalue weighted by atomic mass is 19.1.